The number of rotatable bonds is 5. The second kappa shape index (κ2) is 7.66. The van der Waals surface area contributed by atoms with Gasteiger partial charge in [-0.3, -0.25) is 14.5 Å². The Morgan fingerprint density at radius 3 is 3.00 bits per heavy atom. The average Bonchev–Trinajstić information content (AvgIpc) is 2.58. The first-order chi connectivity index (χ1) is 11.6. The zero-order valence-electron chi connectivity index (χ0n) is 14.3. The lowest BCUT2D eigenvalue weighted by Gasteiger charge is -2.32. The predicted molar refractivity (Wildman–Crippen MR) is 94.0 cm³/mol. The minimum Gasteiger partial charge on any atom is -0.370 e. The zero-order valence-corrected chi connectivity index (χ0v) is 14.3. The standard InChI is InChI=1S/C18H26N4O2/c1-21-11-8-20-18(24)16(21)13-17(23)19-9-12-22-10-4-6-14-5-2-3-7-15(14)22/h2-3,5,7,16H,4,6,8-13H2,1H3,(H,19,23)(H,20,24)/t16-/m1/s1. The van der Waals surface area contributed by atoms with Gasteiger partial charge in [0, 0.05) is 38.4 Å². The van der Waals surface area contributed by atoms with Crippen LogP contribution in [-0.4, -0.2) is 62.5 Å². The van der Waals surface area contributed by atoms with Crippen LogP contribution in [0.25, 0.3) is 0 Å². The van der Waals surface area contributed by atoms with Crippen LogP contribution in [0.3, 0.4) is 0 Å². The Hall–Kier alpha value is -2.08. The number of nitrogens with one attached hydrogen (secondary N) is 2. The molecule has 24 heavy (non-hydrogen) atoms. The van der Waals surface area contributed by atoms with Crippen LogP contribution in [0.1, 0.15) is 18.4 Å². The topological polar surface area (TPSA) is 64.7 Å². The van der Waals surface area contributed by atoms with Gasteiger partial charge in [0.1, 0.15) is 0 Å². The Morgan fingerprint density at radius 1 is 1.33 bits per heavy atom. The number of para-hydroxylation sites is 1. The smallest absolute Gasteiger partial charge is 0.237 e. The molecule has 1 aromatic carbocycles. The van der Waals surface area contributed by atoms with Crippen molar-refractivity contribution in [2.45, 2.75) is 25.3 Å². The predicted octanol–water partition coefficient (Wildman–Crippen LogP) is 0.376. The van der Waals surface area contributed by atoms with Crippen molar-refractivity contribution in [3.63, 3.8) is 0 Å². The van der Waals surface area contributed by atoms with Crippen LogP contribution in [-0.2, 0) is 16.0 Å². The van der Waals surface area contributed by atoms with Crippen LogP contribution in [0.15, 0.2) is 24.3 Å². The van der Waals surface area contributed by atoms with E-state index in [9.17, 15) is 9.59 Å². The fraction of sp³-hybridized carbons (Fsp3) is 0.556. The maximum atomic E-state index is 12.2. The first-order valence-corrected chi connectivity index (χ1v) is 8.72. The van der Waals surface area contributed by atoms with E-state index in [1.807, 2.05) is 11.9 Å². The van der Waals surface area contributed by atoms with E-state index in [1.54, 1.807) is 0 Å². The molecule has 2 aliphatic heterocycles. The van der Waals surface area contributed by atoms with Crippen LogP contribution in [0.2, 0.25) is 0 Å². The number of anilines is 1. The number of hydrogen-bond acceptors (Lipinski definition) is 4. The van der Waals surface area contributed by atoms with Crippen molar-refractivity contribution in [2.24, 2.45) is 0 Å². The van der Waals surface area contributed by atoms with Gasteiger partial charge in [-0.25, -0.2) is 0 Å². The van der Waals surface area contributed by atoms with E-state index in [0.717, 1.165) is 32.5 Å². The summed E-state index contributed by atoms with van der Waals surface area (Å²) in [6.07, 6.45) is 2.50. The molecule has 6 nitrogen and oxygen atoms in total. The molecule has 3 rings (SSSR count). The molecule has 2 heterocycles. The van der Waals surface area contributed by atoms with Gasteiger partial charge in [0.15, 0.2) is 0 Å². The van der Waals surface area contributed by atoms with E-state index in [1.165, 1.54) is 11.3 Å². The molecule has 1 atom stereocenters. The fourth-order valence-electron chi connectivity index (χ4n) is 3.50. The molecule has 0 bridgehead atoms. The number of piperazine rings is 1. The number of amides is 2. The molecule has 0 aromatic heterocycles. The minimum atomic E-state index is -0.352. The van der Waals surface area contributed by atoms with Crippen molar-refractivity contribution < 1.29 is 9.59 Å². The SMILES string of the molecule is CN1CCNC(=O)[C@H]1CC(=O)NCCN1CCCc2ccccc21. The Balaban J connectivity index is 1.47. The molecule has 2 aliphatic rings. The number of carbonyl (C=O) groups is 2. The van der Waals surface area contributed by atoms with Gasteiger partial charge in [-0.2, -0.15) is 0 Å². The summed E-state index contributed by atoms with van der Waals surface area (Å²) in [4.78, 5) is 28.3. The van der Waals surface area contributed by atoms with Crippen molar-refractivity contribution in [1.82, 2.24) is 15.5 Å². The quantitative estimate of drug-likeness (QED) is 0.819. The molecule has 2 N–H and O–H groups in total. The third-order valence-corrected chi connectivity index (χ3v) is 4.89. The summed E-state index contributed by atoms with van der Waals surface area (Å²) >= 11 is 0. The second-order valence-electron chi connectivity index (χ2n) is 6.56. The molecule has 6 heteroatoms. The van der Waals surface area contributed by atoms with E-state index in [4.69, 9.17) is 0 Å². The summed E-state index contributed by atoms with van der Waals surface area (Å²) in [5.41, 5.74) is 2.67. The number of hydrogen-bond donors (Lipinski definition) is 2. The van der Waals surface area contributed by atoms with E-state index in [-0.39, 0.29) is 24.3 Å². The first kappa shape index (κ1) is 16.8. The monoisotopic (exact) mass is 330 g/mol. The molecule has 1 fully saturated rings. The molecule has 0 aliphatic carbocycles. The number of likely N-dealkylation sites (N-methyl/N-ethyl adjacent to an activating group) is 1. The second-order valence-corrected chi connectivity index (χ2v) is 6.56. The van der Waals surface area contributed by atoms with E-state index < -0.39 is 0 Å². The van der Waals surface area contributed by atoms with Gasteiger partial charge in [0.05, 0.1) is 12.5 Å². The fourth-order valence-corrected chi connectivity index (χ4v) is 3.50. The largest absolute Gasteiger partial charge is 0.370 e. The van der Waals surface area contributed by atoms with Gasteiger partial charge >= 0.3 is 0 Å². The van der Waals surface area contributed by atoms with Gasteiger partial charge in [0.2, 0.25) is 11.8 Å². The first-order valence-electron chi connectivity index (χ1n) is 8.72. The highest BCUT2D eigenvalue weighted by atomic mass is 16.2. The maximum absolute atomic E-state index is 12.2. The molecular weight excluding hydrogens is 304 g/mol. The Kier molecular flexibility index (Phi) is 5.35. The van der Waals surface area contributed by atoms with Crippen molar-refractivity contribution in [2.75, 3.05) is 44.7 Å². The van der Waals surface area contributed by atoms with Gasteiger partial charge in [-0.15, -0.1) is 0 Å². The lowest BCUT2D eigenvalue weighted by Crippen LogP contribution is -2.55. The number of fused-ring (bicyclic) bond motifs is 1. The molecule has 0 saturated carbocycles. The lowest BCUT2D eigenvalue weighted by atomic mass is 10.0. The maximum Gasteiger partial charge on any atom is 0.237 e. The lowest BCUT2D eigenvalue weighted by molar-refractivity contribution is -0.133. The number of carbonyl (C=O) groups excluding carboxylic acids is 2. The summed E-state index contributed by atoms with van der Waals surface area (Å²) < 4.78 is 0. The third kappa shape index (κ3) is 3.87. The summed E-state index contributed by atoms with van der Waals surface area (Å²) in [6.45, 7) is 3.87. The highest BCUT2D eigenvalue weighted by Crippen LogP contribution is 2.25. The third-order valence-electron chi connectivity index (χ3n) is 4.89. The molecule has 2 amide bonds. The highest BCUT2D eigenvalue weighted by Gasteiger charge is 2.28. The molecular formula is C18H26N4O2. The Bertz CT molecular complexity index is 604. The highest BCUT2D eigenvalue weighted by molar-refractivity contribution is 5.88. The van der Waals surface area contributed by atoms with Crippen molar-refractivity contribution in [1.29, 1.82) is 0 Å². The normalized spacial score (nSPS) is 21.1. The van der Waals surface area contributed by atoms with Crippen LogP contribution in [0.4, 0.5) is 5.69 Å². The number of aryl methyl sites for hydroxylation is 1. The molecule has 130 valence electrons. The van der Waals surface area contributed by atoms with Gasteiger partial charge in [-0.1, -0.05) is 18.2 Å². The molecule has 0 radical (unpaired) electrons. The van der Waals surface area contributed by atoms with Gasteiger partial charge in [0.25, 0.3) is 0 Å². The van der Waals surface area contributed by atoms with Crippen LogP contribution in [0, 0.1) is 0 Å². The Morgan fingerprint density at radius 2 is 2.17 bits per heavy atom. The molecule has 1 saturated heterocycles. The summed E-state index contributed by atoms with van der Waals surface area (Å²) in [7, 11) is 1.89. The summed E-state index contributed by atoms with van der Waals surface area (Å²) in [5, 5.41) is 5.78. The van der Waals surface area contributed by atoms with Crippen LogP contribution >= 0.6 is 0 Å². The number of benzene rings is 1. The van der Waals surface area contributed by atoms with Gasteiger partial charge in [-0.05, 0) is 31.5 Å². The van der Waals surface area contributed by atoms with E-state index in [2.05, 4.69) is 39.8 Å². The average molecular weight is 330 g/mol. The molecule has 1 aromatic rings. The van der Waals surface area contributed by atoms with Gasteiger partial charge < -0.3 is 15.5 Å². The van der Waals surface area contributed by atoms with Crippen LogP contribution in [0.5, 0.6) is 0 Å². The van der Waals surface area contributed by atoms with E-state index >= 15 is 0 Å². The van der Waals surface area contributed by atoms with Crippen LogP contribution < -0.4 is 15.5 Å². The minimum absolute atomic E-state index is 0.0520. The number of nitrogens with zero attached hydrogens (tertiary/aromatic N) is 2. The van der Waals surface area contributed by atoms with E-state index in [0.29, 0.717) is 13.1 Å². The summed E-state index contributed by atoms with van der Waals surface area (Å²) in [5.74, 6) is -0.113. The van der Waals surface area contributed by atoms with Crippen molar-refractivity contribution in [3.8, 4) is 0 Å². The molecule has 0 spiro atoms. The molecule has 0 unspecified atom stereocenters. The van der Waals surface area contributed by atoms with Crippen molar-refractivity contribution >= 4 is 17.5 Å². The Labute approximate surface area is 143 Å². The summed E-state index contributed by atoms with van der Waals surface area (Å²) in [6, 6.07) is 8.12. The zero-order chi connectivity index (χ0) is 16.9. The van der Waals surface area contributed by atoms with Crippen molar-refractivity contribution in [3.05, 3.63) is 29.8 Å².